The van der Waals surface area contributed by atoms with Gasteiger partial charge in [-0.2, -0.15) is 0 Å². The molecule has 1 aliphatic heterocycles. The molecule has 0 aromatic heterocycles. The van der Waals surface area contributed by atoms with Crippen molar-refractivity contribution in [1.29, 1.82) is 0 Å². The van der Waals surface area contributed by atoms with E-state index in [1.54, 1.807) is 38.5 Å². The smallest absolute Gasteiger partial charge is 0.363 e. The van der Waals surface area contributed by atoms with Gasteiger partial charge in [0.05, 0.1) is 14.2 Å². The van der Waals surface area contributed by atoms with Crippen LogP contribution in [0.2, 0.25) is 0 Å². The predicted molar refractivity (Wildman–Crippen MR) is 91.3 cm³/mol. The molecule has 2 aromatic carbocycles. The Morgan fingerprint density at radius 2 is 1.62 bits per heavy atom. The Bertz CT molecular complexity index is 813. The van der Waals surface area contributed by atoms with Crippen LogP contribution in [0.15, 0.2) is 53.2 Å². The number of aliphatic imine (C=N–C) groups is 1. The monoisotopic (exact) mass is 323 g/mol. The third kappa shape index (κ3) is 3.30. The zero-order valence-corrected chi connectivity index (χ0v) is 13.7. The maximum Gasteiger partial charge on any atom is 0.363 e. The van der Waals surface area contributed by atoms with Crippen molar-refractivity contribution in [2.75, 3.05) is 14.2 Å². The van der Waals surface area contributed by atoms with Gasteiger partial charge in [0, 0.05) is 11.6 Å². The Hall–Kier alpha value is -3.08. The number of nitrogens with zero attached hydrogens (tertiary/aromatic N) is 1. The lowest BCUT2D eigenvalue weighted by molar-refractivity contribution is -0.129. The number of carbonyl (C=O) groups excluding carboxylic acids is 1. The number of carbonyl (C=O) groups is 1. The van der Waals surface area contributed by atoms with Crippen LogP contribution in [0.5, 0.6) is 11.5 Å². The number of esters is 1. The molecule has 0 spiro atoms. The number of hydrogen-bond donors (Lipinski definition) is 0. The van der Waals surface area contributed by atoms with Gasteiger partial charge in [0.1, 0.15) is 11.5 Å². The van der Waals surface area contributed by atoms with E-state index in [4.69, 9.17) is 14.2 Å². The van der Waals surface area contributed by atoms with Gasteiger partial charge >= 0.3 is 5.97 Å². The minimum absolute atomic E-state index is 0.232. The molecule has 0 fully saturated rings. The van der Waals surface area contributed by atoms with Crippen molar-refractivity contribution in [1.82, 2.24) is 0 Å². The van der Waals surface area contributed by atoms with Gasteiger partial charge < -0.3 is 14.2 Å². The third-order valence-corrected chi connectivity index (χ3v) is 3.60. The molecule has 1 heterocycles. The van der Waals surface area contributed by atoms with E-state index in [9.17, 15) is 4.79 Å². The second-order valence-corrected chi connectivity index (χ2v) is 5.35. The number of ether oxygens (including phenoxy) is 3. The molecular weight excluding hydrogens is 306 g/mol. The lowest BCUT2D eigenvalue weighted by atomic mass is 10.1. The molecule has 2 aromatic rings. The average Bonchev–Trinajstić information content (AvgIpc) is 2.97. The summed E-state index contributed by atoms with van der Waals surface area (Å²) in [7, 11) is 3.12. The molecule has 0 saturated carbocycles. The Morgan fingerprint density at radius 1 is 1.00 bits per heavy atom. The number of benzene rings is 2. The summed E-state index contributed by atoms with van der Waals surface area (Å²) in [5, 5.41) is 0. The second kappa shape index (κ2) is 6.58. The van der Waals surface area contributed by atoms with Crippen molar-refractivity contribution >= 4 is 17.9 Å². The number of cyclic esters (lactones) is 1. The van der Waals surface area contributed by atoms with Crippen LogP contribution >= 0.6 is 0 Å². The van der Waals surface area contributed by atoms with Crippen LogP contribution in [0.4, 0.5) is 0 Å². The molecule has 122 valence electrons. The number of aryl methyl sites for hydroxylation is 1. The summed E-state index contributed by atoms with van der Waals surface area (Å²) in [6.07, 6.45) is 1.70. The second-order valence-electron chi connectivity index (χ2n) is 5.35. The van der Waals surface area contributed by atoms with Crippen LogP contribution in [0.1, 0.15) is 16.7 Å². The van der Waals surface area contributed by atoms with Gasteiger partial charge in [-0.1, -0.05) is 29.8 Å². The van der Waals surface area contributed by atoms with Crippen molar-refractivity contribution < 1.29 is 19.0 Å². The molecule has 5 heteroatoms. The van der Waals surface area contributed by atoms with Crippen LogP contribution in [0, 0.1) is 6.92 Å². The molecule has 24 heavy (non-hydrogen) atoms. The maximum absolute atomic E-state index is 12.1. The lowest BCUT2D eigenvalue weighted by Crippen LogP contribution is -2.06. The molecule has 0 bridgehead atoms. The highest BCUT2D eigenvalue weighted by Crippen LogP contribution is 2.26. The van der Waals surface area contributed by atoms with E-state index < -0.39 is 5.97 Å². The first kappa shape index (κ1) is 15.8. The topological polar surface area (TPSA) is 57.1 Å². The highest BCUT2D eigenvalue weighted by molar-refractivity contribution is 6.13. The van der Waals surface area contributed by atoms with Crippen LogP contribution in [0.3, 0.4) is 0 Å². The normalized spacial score (nSPS) is 15.2. The highest BCUT2D eigenvalue weighted by Gasteiger charge is 2.25. The van der Waals surface area contributed by atoms with E-state index in [1.807, 2.05) is 31.2 Å². The summed E-state index contributed by atoms with van der Waals surface area (Å²) < 4.78 is 15.7. The van der Waals surface area contributed by atoms with E-state index in [1.165, 1.54) is 0 Å². The molecule has 0 N–H and O–H groups in total. The van der Waals surface area contributed by atoms with Crippen molar-refractivity contribution in [3.63, 3.8) is 0 Å². The van der Waals surface area contributed by atoms with Crippen molar-refractivity contribution in [2.45, 2.75) is 6.92 Å². The molecule has 0 atom stereocenters. The highest BCUT2D eigenvalue weighted by atomic mass is 16.6. The van der Waals surface area contributed by atoms with Crippen molar-refractivity contribution in [3.05, 3.63) is 64.9 Å². The zero-order valence-electron chi connectivity index (χ0n) is 13.7. The Balaban J connectivity index is 1.95. The SMILES string of the molecule is COc1cc(OC)cc(C2=N/C(=C\c3ccc(C)cc3)C(=O)O2)c1. The minimum atomic E-state index is -0.479. The fourth-order valence-corrected chi connectivity index (χ4v) is 2.28. The first-order chi connectivity index (χ1) is 11.6. The standard InChI is InChI=1S/C19H17NO4/c1-12-4-6-13(7-5-12)8-17-19(21)24-18(20-17)14-9-15(22-2)11-16(10-14)23-3/h4-11H,1-3H3/b17-8-. The largest absolute Gasteiger partial charge is 0.497 e. The quantitative estimate of drug-likeness (QED) is 0.639. The molecule has 0 amide bonds. The zero-order chi connectivity index (χ0) is 17.1. The molecule has 0 unspecified atom stereocenters. The first-order valence-electron chi connectivity index (χ1n) is 7.42. The molecule has 0 aliphatic carbocycles. The van der Waals surface area contributed by atoms with Gasteiger partial charge in [-0.3, -0.25) is 0 Å². The average molecular weight is 323 g/mol. The molecule has 3 rings (SSSR count). The van der Waals surface area contributed by atoms with Crippen molar-refractivity contribution in [2.24, 2.45) is 4.99 Å². The number of rotatable bonds is 4. The summed E-state index contributed by atoms with van der Waals surface area (Å²) in [6, 6.07) is 13.0. The van der Waals surface area contributed by atoms with Gasteiger partial charge in [-0.05, 0) is 30.7 Å². The van der Waals surface area contributed by atoms with E-state index in [-0.39, 0.29) is 11.6 Å². The van der Waals surface area contributed by atoms with Crippen molar-refractivity contribution in [3.8, 4) is 11.5 Å². The molecular formula is C19H17NO4. The van der Waals surface area contributed by atoms with Gasteiger partial charge in [-0.15, -0.1) is 0 Å². The summed E-state index contributed by atoms with van der Waals surface area (Å²) in [5.41, 5.74) is 2.92. The predicted octanol–water partition coefficient (Wildman–Crippen LogP) is 3.36. The fraction of sp³-hybridized carbons (Fsp3) is 0.158. The van der Waals surface area contributed by atoms with Crippen LogP contribution < -0.4 is 9.47 Å². The van der Waals surface area contributed by atoms with Crippen LogP contribution in [0.25, 0.3) is 6.08 Å². The third-order valence-electron chi connectivity index (χ3n) is 3.60. The molecule has 1 aliphatic rings. The van der Waals surface area contributed by atoms with Crippen LogP contribution in [-0.2, 0) is 9.53 Å². The number of hydrogen-bond acceptors (Lipinski definition) is 5. The molecule has 5 nitrogen and oxygen atoms in total. The van der Waals surface area contributed by atoms with E-state index >= 15 is 0 Å². The van der Waals surface area contributed by atoms with Crippen LogP contribution in [-0.4, -0.2) is 26.1 Å². The van der Waals surface area contributed by atoms with E-state index in [0.29, 0.717) is 17.1 Å². The molecule has 0 radical (unpaired) electrons. The van der Waals surface area contributed by atoms with Gasteiger partial charge in [0.2, 0.25) is 5.90 Å². The summed E-state index contributed by atoms with van der Waals surface area (Å²) in [5.74, 6) is 0.945. The minimum Gasteiger partial charge on any atom is -0.497 e. The summed E-state index contributed by atoms with van der Waals surface area (Å²) in [6.45, 7) is 2.01. The summed E-state index contributed by atoms with van der Waals surface area (Å²) >= 11 is 0. The Morgan fingerprint density at radius 3 is 2.21 bits per heavy atom. The lowest BCUT2D eigenvalue weighted by Gasteiger charge is -2.07. The Kier molecular flexibility index (Phi) is 4.33. The van der Waals surface area contributed by atoms with E-state index in [2.05, 4.69) is 4.99 Å². The van der Waals surface area contributed by atoms with Gasteiger partial charge in [0.15, 0.2) is 5.70 Å². The van der Waals surface area contributed by atoms with Gasteiger partial charge in [-0.25, -0.2) is 9.79 Å². The Labute approximate surface area is 140 Å². The first-order valence-corrected chi connectivity index (χ1v) is 7.42. The maximum atomic E-state index is 12.1. The van der Waals surface area contributed by atoms with Gasteiger partial charge in [0.25, 0.3) is 0 Å². The van der Waals surface area contributed by atoms with E-state index in [0.717, 1.165) is 11.1 Å². The number of methoxy groups -OCH3 is 2. The summed E-state index contributed by atoms with van der Waals surface area (Å²) in [4.78, 5) is 16.4. The molecule has 0 saturated heterocycles. The fourth-order valence-electron chi connectivity index (χ4n) is 2.28.